The minimum Gasteiger partial charge on any atom is -0.495 e. The summed E-state index contributed by atoms with van der Waals surface area (Å²) in [6, 6.07) is 6.18. The molecule has 1 aliphatic carbocycles. The van der Waals surface area contributed by atoms with E-state index >= 15 is 0 Å². The maximum atomic E-state index is 5.64. The second kappa shape index (κ2) is 3.91. The Labute approximate surface area is 92.6 Å². The van der Waals surface area contributed by atoms with Crippen LogP contribution in [0.25, 0.3) is 0 Å². The summed E-state index contributed by atoms with van der Waals surface area (Å²) in [7, 11) is 1.71. The molecule has 3 heteroatoms. The van der Waals surface area contributed by atoms with Crippen LogP contribution >= 0.6 is 15.9 Å². The predicted molar refractivity (Wildman–Crippen MR) is 60.6 cm³/mol. The SMILES string of the molecule is COc1c(Br)cccc1[C@@H]1C[C@H]1CN. The van der Waals surface area contributed by atoms with Gasteiger partial charge in [0.05, 0.1) is 11.6 Å². The van der Waals surface area contributed by atoms with Crippen molar-refractivity contribution in [2.45, 2.75) is 12.3 Å². The highest BCUT2D eigenvalue weighted by Gasteiger charge is 2.38. The minimum absolute atomic E-state index is 0.604. The van der Waals surface area contributed by atoms with Crippen molar-refractivity contribution in [3.63, 3.8) is 0 Å². The van der Waals surface area contributed by atoms with Crippen molar-refractivity contribution in [3.05, 3.63) is 28.2 Å². The summed E-state index contributed by atoms with van der Waals surface area (Å²) >= 11 is 3.49. The molecule has 0 radical (unpaired) electrons. The molecule has 1 saturated carbocycles. The van der Waals surface area contributed by atoms with Gasteiger partial charge in [-0.2, -0.15) is 0 Å². The fourth-order valence-electron chi connectivity index (χ4n) is 1.92. The van der Waals surface area contributed by atoms with E-state index in [1.54, 1.807) is 7.11 Å². The molecule has 0 amide bonds. The zero-order chi connectivity index (χ0) is 10.1. The van der Waals surface area contributed by atoms with Crippen molar-refractivity contribution in [1.82, 2.24) is 0 Å². The van der Waals surface area contributed by atoms with E-state index in [1.807, 2.05) is 12.1 Å². The average molecular weight is 256 g/mol. The number of halogens is 1. The number of rotatable bonds is 3. The number of methoxy groups -OCH3 is 1. The van der Waals surface area contributed by atoms with Crippen LogP contribution in [0.15, 0.2) is 22.7 Å². The largest absolute Gasteiger partial charge is 0.495 e. The molecule has 0 unspecified atom stereocenters. The van der Waals surface area contributed by atoms with Crippen LogP contribution < -0.4 is 10.5 Å². The molecule has 2 rings (SSSR count). The molecule has 0 saturated heterocycles. The van der Waals surface area contributed by atoms with Gasteiger partial charge in [0, 0.05) is 0 Å². The summed E-state index contributed by atoms with van der Waals surface area (Å²) in [5, 5.41) is 0. The van der Waals surface area contributed by atoms with E-state index in [4.69, 9.17) is 10.5 Å². The predicted octanol–water partition coefficient (Wildman–Crippen LogP) is 2.52. The Kier molecular flexibility index (Phi) is 2.79. The van der Waals surface area contributed by atoms with E-state index in [0.717, 1.165) is 16.8 Å². The van der Waals surface area contributed by atoms with Crippen LogP contribution in [0.3, 0.4) is 0 Å². The Bertz CT molecular complexity index is 340. The molecule has 2 N–H and O–H groups in total. The first-order chi connectivity index (χ1) is 6.77. The van der Waals surface area contributed by atoms with Crippen molar-refractivity contribution in [2.24, 2.45) is 11.7 Å². The summed E-state index contributed by atoms with van der Waals surface area (Å²) in [6.07, 6.45) is 1.20. The molecule has 0 bridgehead atoms. The smallest absolute Gasteiger partial charge is 0.136 e. The molecule has 0 heterocycles. The Morgan fingerprint density at radius 2 is 2.36 bits per heavy atom. The lowest BCUT2D eigenvalue weighted by molar-refractivity contribution is 0.406. The van der Waals surface area contributed by atoms with Crippen molar-refractivity contribution >= 4 is 15.9 Å². The molecular weight excluding hydrogens is 242 g/mol. The van der Waals surface area contributed by atoms with Gasteiger partial charge in [-0.3, -0.25) is 0 Å². The molecule has 1 aromatic carbocycles. The number of benzene rings is 1. The standard InChI is InChI=1S/C11H14BrNO/c1-14-11-8(3-2-4-10(11)12)9-5-7(9)6-13/h2-4,7,9H,5-6,13H2,1H3/t7-,9+/m0/s1. The Morgan fingerprint density at radius 3 is 2.93 bits per heavy atom. The highest BCUT2D eigenvalue weighted by Crippen LogP contribution is 2.50. The van der Waals surface area contributed by atoms with Gasteiger partial charge in [0.15, 0.2) is 0 Å². The van der Waals surface area contributed by atoms with E-state index < -0.39 is 0 Å². The summed E-state index contributed by atoms with van der Waals surface area (Å²) in [4.78, 5) is 0. The second-order valence-electron chi connectivity index (χ2n) is 3.70. The normalized spacial score (nSPS) is 24.8. The topological polar surface area (TPSA) is 35.2 Å². The molecule has 14 heavy (non-hydrogen) atoms. The van der Waals surface area contributed by atoms with Crippen molar-refractivity contribution in [2.75, 3.05) is 13.7 Å². The molecule has 0 aliphatic heterocycles. The van der Waals surface area contributed by atoms with E-state index in [9.17, 15) is 0 Å². The first-order valence-corrected chi connectivity index (χ1v) is 5.59. The third-order valence-electron chi connectivity index (χ3n) is 2.83. The number of ether oxygens (including phenoxy) is 1. The van der Waals surface area contributed by atoms with Crippen molar-refractivity contribution < 1.29 is 4.74 Å². The lowest BCUT2D eigenvalue weighted by atomic mass is 10.1. The summed E-state index contributed by atoms with van der Waals surface area (Å²) in [5.41, 5.74) is 6.93. The zero-order valence-electron chi connectivity index (χ0n) is 8.16. The lowest BCUT2D eigenvalue weighted by Gasteiger charge is -2.09. The number of hydrogen-bond acceptors (Lipinski definition) is 2. The third kappa shape index (κ3) is 1.66. The van der Waals surface area contributed by atoms with Crippen LogP contribution in [0.5, 0.6) is 5.75 Å². The number of hydrogen-bond donors (Lipinski definition) is 1. The second-order valence-corrected chi connectivity index (χ2v) is 4.55. The van der Waals surface area contributed by atoms with Gasteiger partial charge in [0.2, 0.25) is 0 Å². The summed E-state index contributed by atoms with van der Waals surface area (Å²) in [5.74, 6) is 2.22. The van der Waals surface area contributed by atoms with Gasteiger partial charge in [-0.25, -0.2) is 0 Å². The average Bonchev–Trinajstić information content (AvgIpc) is 2.96. The maximum Gasteiger partial charge on any atom is 0.136 e. The molecule has 2 atom stereocenters. The van der Waals surface area contributed by atoms with Gasteiger partial charge >= 0.3 is 0 Å². The Balaban J connectivity index is 2.29. The van der Waals surface area contributed by atoms with Gasteiger partial charge < -0.3 is 10.5 Å². The van der Waals surface area contributed by atoms with E-state index in [-0.39, 0.29) is 0 Å². The molecule has 1 aliphatic rings. The number of para-hydroxylation sites is 1. The van der Waals surface area contributed by atoms with Gasteiger partial charge in [-0.15, -0.1) is 0 Å². The van der Waals surface area contributed by atoms with Crippen LogP contribution in [-0.4, -0.2) is 13.7 Å². The van der Waals surface area contributed by atoms with E-state index in [2.05, 4.69) is 22.0 Å². The van der Waals surface area contributed by atoms with Crippen molar-refractivity contribution in [3.8, 4) is 5.75 Å². The first-order valence-electron chi connectivity index (χ1n) is 4.80. The van der Waals surface area contributed by atoms with Crippen LogP contribution in [0, 0.1) is 5.92 Å². The fraction of sp³-hybridized carbons (Fsp3) is 0.455. The highest BCUT2D eigenvalue weighted by atomic mass is 79.9. The maximum absolute atomic E-state index is 5.64. The van der Waals surface area contributed by atoms with Crippen molar-refractivity contribution in [1.29, 1.82) is 0 Å². The fourth-order valence-corrected chi connectivity index (χ4v) is 2.47. The zero-order valence-corrected chi connectivity index (χ0v) is 9.75. The van der Waals surface area contributed by atoms with Crippen LogP contribution in [0.4, 0.5) is 0 Å². The lowest BCUT2D eigenvalue weighted by Crippen LogP contribution is -2.02. The van der Waals surface area contributed by atoms with Gasteiger partial charge in [0.1, 0.15) is 5.75 Å². The number of nitrogens with two attached hydrogens (primary N) is 1. The monoisotopic (exact) mass is 255 g/mol. The first kappa shape index (κ1) is 9.99. The minimum atomic E-state index is 0.604. The Morgan fingerprint density at radius 1 is 1.57 bits per heavy atom. The van der Waals surface area contributed by atoms with Gasteiger partial charge in [-0.1, -0.05) is 12.1 Å². The van der Waals surface area contributed by atoms with Crippen LogP contribution in [0.2, 0.25) is 0 Å². The van der Waals surface area contributed by atoms with E-state index in [0.29, 0.717) is 11.8 Å². The Hall–Kier alpha value is -0.540. The third-order valence-corrected chi connectivity index (χ3v) is 3.45. The van der Waals surface area contributed by atoms with Gasteiger partial charge in [-0.05, 0) is 52.4 Å². The van der Waals surface area contributed by atoms with E-state index in [1.165, 1.54) is 12.0 Å². The molecule has 1 aromatic rings. The molecule has 76 valence electrons. The summed E-state index contributed by atoms with van der Waals surface area (Å²) < 4.78 is 6.41. The quantitative estimate of drug-likeness (QED) is 0.901. The van der Waals surface area contributed by atoms with Crippen LogP contribution in [-0.2, 0) is 0 Å². The van der Waals surface area contributed by atoms with Crippen LogP contribution in [0.1, 0.15) is 17.9 Å². The molecular formula is C11H14BrNO. The van der Waals surface area contributed by atoms with Gasteiger partial charge in [0.25, 0.3) is 0 Å². The molecule has 1 fully saturated rings. The molecule has 2 nitrogen and oxygen atoms in total. The molecule has 0 spiro atoms. The summed E-state index contributed by atoms with van der Waals surface area (Å²) in [6.45, 7) is 0.778. The highest BCUT2D eigenvalue weighted by molar-refractivity contribution is 9.10. The molecule has 0 aromatic heterocycles.